The molecule has 3 aromatic rings. The van der Waals surface area contributed by atoms with Crippen LogP contribution >= 0.6 is 11.3 Å². The Labute approximate surface area is 184 Å². The molecule has 1 fully saturated rings. The number of aromatic nitrogens is 1. The van der Waals surface area contributed by atoms with Crippen molar-refractivity contribution in [2.45, 2.75) is 25.3 Å². The molecule has 3 N–H and O–H groups in total. The van der Waals surface area contributed by atoms with E-state index in [1.807, 2.05) is 6.92 Å². The Hall–Kier alpha value is -2.77. The molecule has 0 spiro atoms. The van der Waals surface area contributed by atoms with Gasteiger partial charge >= 0.3 is 0 Å². The zero-order valence-electron chi connectivity index (χ0n) is 17.3. The van der Waals surface area contributed by atoms with Gasteiger partial charge in [0.1, 0.15) is 17.5 Å². The summed E-state index contributed by atoms with van der Waals surface area (Å²) in [6.45, 7) is 4.19. The third-order valence-corrected chi connectivity index (χ3v) is 7.17. The average Bonchev–Trinajstić information content (AvgIpc) is 3.13. The molecule has 2 aromatic carbocycles. The van der Waals surface area contributed by atoms with Gasteiger partial charge in [0.2, 0.25) is 0 Å². The summed E-state index contributed by atoms with van der Waals surface area (Å²) in [5, 5.41) is 4.59. The Kier molecular flexibility index (Phi) is 5.02. The van der Waals surface area contributed by atoms with Crippen LogP contribution < -0.4 is 11.1 Å². The fourth-order valence-corrected chi connectivity index (χ4v) is 5.31. The van der Waals surface area contributed by atoms with Gasteiger partial charge in [-0.3, -0.25) is 0 Å². The van der Waals surface area contributed by atoms with Gasteiger partial charge in [0.15, 0.2) is 0 Å². The Morgan fingerprint density at radius 1 is 1.10 bits per heavy atom. The van der Waals surface area contributed by atoms with Crippen molar-refractivity contribution in [1.82, 2.24) is 15.2 Å². The average molecular weight is 439 g/mol. The number of likely N-dealkylation sites (tertiary alicyclic amines) is 1. The van der Waals surface area contributed by atoms with E-state index in [0.717, 1.165) is 29.0 Å². The second kappa shape index (κ2) is 7.73. The zero-order valence-corrected chi connectivity index (χ0v) is 18.1. The second-order valence-electron chi connectivity index (χ2n) is 8.28. The molecule has 160 valence electrons. The molecule has 0 unspecified atom stereocenters. The van der Waals surface area contributed by atoms with E-state index in [1.165, 1.54) is 28.0 Å². The second-order valence-corrected chi connectivity index (χ2v) is 9.51. The number of fused-ring (bicyclic) bond motifs is 1. The van der Waals surface area contributed by atoms with Crippen LogP contribution in [0.15, 0.2) is 54.4 Å². The highest BCUT2D eigenvalue weighted by Crippen LogP contribution is 2.34. The summed E-state index contributed by atoms with van der Waals surface area (Å²) >= 11 is 1.71. The van der Waals surface area contributed by atoms with E-state index in [2.05, 4.69) is 45.6 Å². The lowest BCUT2D eigenvalue weighted by Crippen LogP contribution is -2.50. The van der Waals surface area contributed by atoms with Crippen molar-refractivity contribution >= 4 is 27.1 Å². The van der Waals surface area contributed by atoms with Crippen LogP contribution in [0, 0.1) is 18.6 Å². The number of nitrogens with zero attached hydrogens (tertiary/aromatic N) is 2. The molecule has 5 rings (SSSR count). The summed E-state index contributed by atoms with van der Waals surface area (Å²) in [5.74, 6) is -0.0854. The van der Waals surface area contributed by atoms with Gasteiger partial charge < -0.3 is 16.0 Å². The van der Waals surface area contributed by atoms with Crippen LogP contribution in [-0.2, 0) is 5.54 Å². The number of thiazole rings is 1. The maximum atomic E-state index is 14.3. The molecule has 2 aliphatic rings. The van der Waals surface area contributed by atoms with Crippen molar-refractivity contribution in [2.75, 3.05) is 19.6 Å². The van der Waals surface area contributed by atoms with Gasteiger partial charge in [-0.15, -0.1) is 11.3 Å². The van der Waals surface area contributed by atoms with Gasteiger partial charge in [-0.05, 0) is 55.2 Å². The van der Waals surface area contributed by atoms with Crippen LogP contribution in [0.1, 0.15) is 29.0 Å². The van der Waals surface area contributed by atoms with E-state index in [4.69, 9.17) is 5.73 Å². The van der Waals surface area contributed by atoms with E-state index in [1.54, 1.807) is 11.3 Å². The topological polar surface area (TPSA) is 54.2 Å². The number of dihydropyridines is 1. The van der Waals surface area contributed by atoms with Crippen molar-refractivity contribution < 1.29 is 8.78 Å². The van der Waals surface area contributed by atoms with E-state index in [0.29, 0.717) is 31.5 Å². The lowest BCUT2D eigenvalue weighted by Gasteiger charge is -2.42. The number of benzene rings is 2. The fourth-order valence-electron chi connectivity index (χ4n) is 4.45. The van der Waals surface area contributed by atoms with Gasteiger partial charge in [-0.1, -0.05) is 18.2 Å². The molecule has 0 amide bonds. The molecule has 3 heterocycles. The van der Waals surface area contributed by atoms with E-state index in [9.17, 15) is 8.78 Å². The minimum atomic E-state index is -0.771. The molecular weight excluding hydrogens is 414 g/mol. The third kappa shape index (κ3) is 3.83. The molecule has 1 aromatic heterocycles. The highest BCUT2D eigenvalue weighted by atomic mass is 32.1. The van der Waals surface area contributed by atoms with Crippen LogP contribution in [0.3, 0.4) is 0 Å². The minimum absolute atomic E-state index is 0.398. The van der Waals surface area contributed by atoms with Gasteiger partial charge in [-0.2, -0.15) is 0 Å². The number of aryl methyl sites for hydroxylation is 1. The van der Waals surface area contributed by atoms with Gasteiger partial charge in [0, 0.05) is 36.8 Å². The highest BCUT2D eigenvalue weighted by Gasteiger charge is 2.35. The van der Waals surface area contributed by atoms with E-state index in [-0.39, 0.29) is 0 Å². The molecule has 0 aliphatic carbocycles. The Morgan fingerprint density at radius 2 is 1.90 bits per heavy atom. The maximum Gasteiger partial charge on any atom is 0.131 e. The molecule has 2 aliphatic heterocycles. The number of hydrogen-bond donors (Lipinski definition) is 2. The van der Waals surface area contributed by atoms with Crippen molar-refractivity contribution in [3.05, 3.63) is 82.1 Å². The summed E-state index contributed by atoms with van der Waals surface area (Å²) in [6.07, 6.45) is 5.47. The highest BCUT2D eigenvalue weighted by molar-refractivity contribution is 7.18. The molecule has 0 bridgehead atoms. The van der Waals surface area contributed by atoms with Gasteiger partial charge in [0.05, 0.1) is 15.2 Å². The van der Waals surface area contributed by atoms with Crippen LogP contribution in [0.4, 0.5) is 8.78 Å². The lowest BCUT2D eigenvalue weighted by atomic mass is 9.81. The summed E-state index contributed by atoms with van der Waals surface area (Å²) in [7, 11) is 0. The summed E-state index contributed by atoms with van der Waals surface area (Å²) in [5.41, 5.74) is 9.63. The first-order valence-electron chi connectivity index (χ1n) is 10.4. The first-order valence-corrected chi connectivity index (χ1v) is 11.2. The molecular formula is C24H24F2N4S. The smallest absolute Gasteiger partial charge is 0.131 e. The fraction of sp³-hybridized carbons (Fsp3) is 0.292. The van der Waals surface area contributed by atoms with Crippen molar-refractivity contribution in [3.8, 4) is 0 Å². The summed E-state index contributed by atoms with van der Waals surface area (Å²) < 4.78 is 28.7. The predicted molar refractivity (Wildman–Crippen MR) is 121 cm³/mol. The summed E-state index contributed by atoms with van der Waals surface area (Å²) in [6, 6.07) is 10.1. The van der Waals surface area contributed by atoms with Crippen molar-refractivity contribution in [3.63, 3.8) is 0 Å². The van der Waals surface area contributed by atoms with Crippen molar-refractivity contribution in [1.29, 1.82) is 0 Å². The summed E-state index contributed by atoms with van der Waals surface area (Å²) in [4.78, 5) is 6.77. The van der Waals surface area contributed by atoms with Crippen LogP contribution in [0.2, 0.25) is 0 Å². The Morgan fingerprint density at radius 3 is 2.61 bits per heavy atom. The standard InChI is InChI=1S/C24H24F2N4S/c1-15-29-21-6-2-16(12-22(21)31-15)17-3-7-23(28-14-17)30-10-8-24(27,9-11-30)19-5-4-18(25)13-20(19)26/h2-7,12-13,28H,8-11,14,27H2,1H3. The number of halogens is 2. The lowest BCUT2D eigenvalue weighted by molar-refractivity contribution is 0.185. The molecule has 1 saturated heterocycles. The Balaban J connectivity index is 1.30. The number of piperidine rings is 1. The molecule has 7 heteroatoms. The van der Waals surface area contributed by atoms with Gasteiger partial charge in [0.25, 0.3) is 0 Å². The van der Waals surface area contributed by atoms with Crippen LogP contribution in [0.5, 0.6) is 0 Å². The normalized spacial score (nSPS) is 18.5. The Bertz CT molecular complexity index is 1210. The maximum absolute atomic E-state index is 14.3. The monoisotopic (exact) mass is 438 g/mol. The van der Waals surface area contributed by atoms with E-state index >= 15 is 0 Å². The van der Waals surface area contributed by atoms with Crippen LogP contribution in [-0.4, -0.2) is 29.5 Å². The first-order chi connectivity index (χ1) is 14.9. The van der Waals surface area contributed by atoms with E-state index < -0.39 is 17.2 Å². The van der Waals surface area contributed by atoms with Crippen molar-refractivity contribution in [2.24, 2.45) is 5.73 Å². The number of hydrogen-bond acceptors (Lipinski definition) is 5. The molecule has 0 radical (unpaired) electrons. The SMILES string of the molecule is Cc1nc2ccc(C3=CC=C(N4CCC(N)(c5ccc(F)cc5F)CC4)NC3)cc2s1. The number of allylic oxidation sites excluding steroid dienone is 2. The molecule has 31 heavy (non-hydrogen) atoms. The van der Waals surface area contributed by atoms with Gasteiger partial charge in [-0.25, -0.2) is 13.8 Å². The minimum Gasteiger partial charge on any atom is -0.368 e. The first kappa shape index (κ1) is 20.2. The zero-order chi connectivity index (χ0) is 21.6. The predicted octanol–water partition coefficient (Wildman–Crippen LogP) is 4.66. The number of nitrogens with two attached hydrogens (primary N) is 1. The molecule has 4 nitrogen and oxygen atoms in total. The third-order valence-electron chi connectivity index (χ3n) is 6.23. The van der Waals surface area contributed by atoms with Crippen LogP contribution in [0.25, 0.3) is 15.8 Å². The number of nitrogens with one attached hydrogen (secondary N) is 1. The molecule has 0 saturated carbocycles. The number of rotatable bonds is 3. The largest absolute Gasteiger partial charge is 0.368 e. The quantitative estimate of drug-likeness (QED) is 0.625. The molecule has 0 atom stereocenters.